The van der Waals surface area contributed by atoms with E-state index in [0.29, 0.717) is 5.88 Å². The molecule has 0 amide bonds. The van der Waals surface area contributed by atoms with Crippen molar-refractivity contribution < 1.29 is 9.53 Å². The summed E-state index contributed by atoms with van der Waals surface area (Å²) in [5.74, 6) is 0.0143. The first-order valence-corrected chi connectivity index (χ1v) is 4.29. The summed E-state index contributed by atoms with van der Waals surface area (Å²) in [5.41, 5.74) is 0. The number of ether oxygens (including phenoxy) is 1. The summed E-state index contributed by atoms with van der Waals surface area (Å²) in [4.78, 5) is 14.9. The van der Waals surface area contributed by atoms with Crippen LogP contribution in [0.15, 0.2) is 24.4 Å². The first kappa shape index (κ1) is 9.71. The van der Waals surface area contributed by atoms with E-state index < -0.39 is 0 Å². The van der Waals surface area contributed by atoms with Crippen LogP contribution in [0.2, 0.25) is 0 Å². The Kier molecular flexibility index (Phi) is 3.96. The fourth-order valence-corrected chi connectivity index (χ4v) is 0.814. The number of hydrogen-bond acceptors (Lipinski definition) is 3. The molecule has 1 radical (unpaired) electrons. The predicted molar refractivity (Wildman–Crippen MR) is 49.1 cm³/mol. The Hall–Kier alpha value is -1.38. The maximum atomic E-state index is 11.1. The number of hydrogen-bond donors (Lipinski definition) is 0. The third kappa shape index (κ3) is 3.69. The van der Waals surface area contributed by atoms with Crippen molar-refractivity contribution in [2.75, 3.05) is 0 Å². The molecule has 1 aromatic rings. The summed E-state index contributed by atoms with van der Waals surface area (Å²) in [6, 6.07) is 5.19. The van der Waals surface area contributed by atoms with Gasteiger partial charge in [-0.1, -0.05) is 19.4 Å². The van der Waals surface area contributed by atoms with Crippen molar-refractivity contribution >= 4 is 5.97 Å². The summed E-state index contributed by atoms with van der Waals surface area (Å²) >= 11 is 0. The smallest absolute Gasteiger partial charge is 0.316 e. The van der Waals surface area contributed by atoms with Gasteiger partial charge in [0.2, 0.25) is 5.88 Å². The molecule has 13 heavy (non-hydrogen) atoms. The quantitative estimate of drug-likeness (QED) is 0.662. The van der Waals surface area contributed by atoms with Crippen LogP contribution in [-0.4, -0.2) is 11.0 Å². The molecule has 0 aliphatic rings. The van der Waals surface area contributed by atoms with E-state index in [-0.39, 0.29) is 5.97 Å². The second-order valence-corrected chi connectivity index (χ2v) is 2.58. The first-order chi connectivity index (χ1) is 6.33. The molecule has 3 heteroatoms. The summed E-state index contributed by atoms with van der Waals surface area (Å²) in [6.07, 6.45) is 4.79. The van der Waals surface area contributed by atoms with Crippen molar-refractivity contribution in [2.24, 2.45) is 0 Å². The van der Waals surface area contributed by atoms with Gasteiger partial charge in [-0.3, -0.25) is 4.79 Å². The van der Waals surface area contributed by atoms with E-state index >= 15 is 0 Å². The zero-order valence-corrected chi connectivity index (χ0v) is 7.56. The molecule has 3 nitrogen and oxygen atoms in total. The van der Waals surface area contributed by atoms with Crippen LogP contribution in [0.25, 0.3) is 0 Å². The maximum absolute atomic E-state index is 11.1. The lowest BCUT2D eigenvalue weighted by atomic mass is 10.2. The zero-order valence-electron chi connectivity index (χ0n) is 7.56. The van der Waals surface area contributed by atoms with E-state index in [1.165, 1.54) is 6.42 Å². The Bertz CT molecular complexity index is 259. The molecule has 0 unspecified atom stereocenters. The molecule has 0 aliphatic carbocycles. The number of carbonyl (C=O) groups is 1. The van der Waals surface area contributed by atoms with Crippen LogP contribution in [0, 0.1) is 6.42 Å². The monoisotopic (exact) mass is 178 g/mol. The van der Waals surface area contributed by atoms with Crippen LogP contribution in [-0.2, 0) is 4.79 Å². The van der Waals surface area contributed by atoms with E-state index in [2.05, 4.69) is 4.98 Å². The highest BCUT2D eigenvalue weighted by Gasteiger charge is 2.03. The minimum Gasteiger partial charge on any atom is -0.407 e. The molecule has 0 saturated heterocycles. The number of aromatic nitrogens is 1. The number of nitrogens with zero attached hydrogens (tertiary/aromatic N) is 1. The summed E-state index contributed by atoms with van der Waals surface area (Å²) in [5, 5.41) is 0. The van der Waals surface area contributed by atoms with E-state index in [0.717, 1.165) is 12.8 Å². The molecule has 0 atom stereocenters. The highest BCUT2D eigenvalue weighted by Crippen LogP contribution is 2.05. The Labute approximate surface area is 77.8 Å². The molecular formula is C10H12NO2. The zero-order chi connectivity index (χ0) is 9.52. The van der Waals surface area contributed by atoms with Gasteiger partial charge in [-0.2, -0.15) is 0 Å². The average molecular weight is 178 g/mol. The number of carbonyl (C=O) groups excluding carboxylic acids is 1. The van der Waals surface area contributed by atoms with Crippen molar-refractivity contribution in [3.05, 3.63) is 30.8 Å². The van der Waals surface area contributed by atoms with Crippen molar-refractivity contribution in [3.63, 3.8) is 0 Å². The minimum absolute atomic E-state index is 0.333. The molecule has 1 rings (SSSR count). The number of unbranched alkanes of at least 4 members (excludes halogenated alkanes) is 1. The highest BCUT2D eigenvalue weighted by molar-refractivity contribution is 5.80. The topological polar surface area (TPSA) is 39.2 Å². The molecule has 0 fully saturated rings. The Balaban J connectivity index is 2.37. The van der Waals surface area contributed by atoms with Crippen molar-refractivity contribution in [3.8, 4) is 5.88 Å². The van der Waals surface area contributed by atoms with Crippen LogP contribution in [0.4, 0.5) is 0 Å². The molecule has 1 heterocycles. The molecule has 69 valence electrons. The van der Waals surface area contributed by atoms with Crippen LogP contribution in [0.5, 0.6) is 5.88 Å². The SMILES string of the molecule is CCC[CH]C(=O)Oc1ccccn1. The lowest BCUT2D eigenvalue weighted by molar-refractivity contribution is -0.131. The normalized spacial score (nSPS) is 9.62. The standard InChI is InChI=1S/C10H12NO2/c1-2-3-7-10(12)13-9-6-4-5-8-11-9/h4-8H,2-3H2,1H3. The fraction of sp³-hybridized carbons (Fsp3) is 0.300. The van der Waals surface area contributed by atoms with Crippen LogP contribution >= 0.6 is 0 Å². The van der Waals surface area contributed by atoms with Gasteiger partial charge in [-0.15, -0.1) is 0 Å². The molecule has 0 N–H and O–H groups in total. The maximum Gasteiger partial charge on any atom is 0.316 e. The van der Waals surface area contributed by atoms with E-state index in [9.17, 15) is 4.79 Å². The molecule has 1 aromatic heterocycles. The second-order valence-electron chi connectivity index (χ2n) is 2.58. The molecule has 0 saturated carbocycles. The van der Waals surface area contributed by atoms with Crippen molar-refractivity contribution in [2.45, 2.75) is 19.8 Å². The average Bonchev–Trinajstić information content (AvgIpc) is 2.16. The molecule has 0 bridgehead atoms. The van der Waals surface area contributed by atoms with E-state index in [4.69, 9.17) is 4.74 Å². The Morgan fingerprint density at radius 3 is 3.08 bits per heavy atom. The van der Waals surface area contributed by atoms with Gasteiger partial charge in [-0.25, -0.2) is 4.98 Å². The van der Waals surface area contributed by atoms with Crippen molar-refractivity contribution in [1.82, 2.24) is 4.98 Å². The van der Waals surface area contributed by atoms with Gasteiger partial charge in [0, 0.05) is 12.3 Å². The van der Waals surface area contributed by atoms with Gasteiger partial charge >= 0.3 is 5.97 Å². The Morgan fingerprint density at radius 2 is 2.46 bits per heavy atom. The lowest BCUT2D eigenvalue weighted by Gasteiger charge is -2.00. The van der Waals surface area contributed by atoms with Crippen molar-refractivity contribution in [1.29, 1.82) is 0 Å². The summed E-state index contributed by atoms with van der Waals surface area (Å²) in [7, 11) is 0. The third-order valence-corrected chi connectivity index (χ3v) is 1.44. The molecular weight excluding hydrogens is 166 g/mol. The van der Waals surface area contributed by atoms with E-state index in [1.54, 1.807) is 24.4 Å². The van der Waals surface area contributed by atoms with Gasteiger partial charge in [0.05, 0.1) is 6.42 Å². The van der Waals surface area contributed by atoms with Crippen LogP contribution < -0.4 is 4.74 Å². The first-order valence-electron chi connectivity index (χ1n) is 4.29. The molecule has 0 aliphatic heterocycles. The van der Waals surface area contributed by atoms with Gasteiger partial charge in [0.15, 0.2) is 0 Å². The molecule has 0 aromatic carbocycles. The van der Waals surface area contributed by atoms with Crippen LogP contribution in [0.1, 0.15) is 19.8 Å². The Morgan fingerprint density at radius 1 is 1.62 bits per heavy atom. The number of rotatable bonds is 4. The lowest BCUT2D eigenvalue weighted by Crippen LogP contribution is -2.08. The van der Waals surface area contributed by atoms with Crippen LogP contribution in [0.3, 0.4) is 0 Å². The van der Waals surface area contributed by atoms with E-state index in [1.807, 2.05) is 6.92 Å². The summed E-state index contributed by atoms with van der Waals surface area (Å²) < 4.78 is 4.91. The van der Waals surface area contributed by atoms with Gasteiger partial charge in [0.1, 0.15) is 0 Å². The predicted octanol–water partition coefficient (Wildman–Crippen LogP) is 1.99. The number of esters is 1. The minimum atomic E-state index is -0.333. The third-order valence-electron chi connectivity index (χ3n) is 1.44. The largest absolute Gasteiger partial charge is 0.407 e. The van der Waals surface area contributed by atoms with Gasteiger partial charge in [-0.05, 0) is 12.5 Å². The van der Waals surface area contributed by atoms with Gasteiger partial charge < -0.3 is 4.74 Å². The van der Waals surface area contributed by atoms with Gasteiger partial charge in [0.25, 0.3) is 0 Å². The second kappa shape index (κ2) is 5.30. The summed E-state index contributed by atoms with van der Waals surface area (Å²) in [6.45, 7) is 2.00. The highest BCUT2D eigenvalue weighted by atomic mass is 16.5. The fourth-order valence-electron chi connectivity index (χ4n) is 0.814. The molecule has 0 spiro atoms. The number of pyridine rings is 1.